The van der Waals surface area contributed by atoms with Crippen molar-refractivity contribution in [2.75, 3.05) is 19.4 Å². The average Bonchev–Trinajstić information content (AvgIpc) is 3.07. The van der Waals surface area contributed by atoms with Gasteiger partial charge in [-0.3, -0.25) is 4.99 Å². The fourth-order valence-corrected chi connectivity index (χ4v) is 4.86. The van der Waals surface area contributed by atoms with Gasteiger partial charge in [0.15, 0.2) is 0 Å². The molecule has 2 aliphatic rings. The zero-order valence-corrected chi connectivity index (χ0v) is 13.9. The third kappa shape index (κ3) is 2.94. The molecule has 5 heteroatoms. The van der Waals surface area contributed by atoms with Gasteiger partial charge in [-0.15, -0.1) is 11.3 Å². The monoisotopic (exact) mass is 306 g/mol. The molecule has 0 saturated heterocycles. The lowest BCUT2D eigenvalue weighted by Gasteiger charge is -2.26. The normalized spacial score (nSPS) is 25.9. The number of rotatable bonds is 4. The van der Waals surface area contributed by atoms with Gasteiger partial charge in [-0.2, -0.15) is 0 Å². The highest BCUT2D eigenvalue weighted by Crippen LogP contribution is 2.39. The van der Waals surface area contributed by atoms with Crippen molar-refractivity contribution in [3.63, 3.8) is 0 Å². The minimum Gasteiger partial charge on any atom is -0.383 e. The van der Waals surface area contributed by atoms with Crippen molar-refractivity contribution in [3.8, 4) is 0 Å². The summed E-state index contributed by atoms with van der Waals surface area (Å²) in [6.45, 7) is 0. The van der Waals surface area contributed by atoms with Gasteiger partial charge in [0.2, 0.25) is 0 Å². The lowest BCUT2D eigenvalue weighted by molar-refractivity contribution is 0.360. The van der Waals surface area contributed by atoms with E-state index in [1.165, 1.54) is 46.7 Å². The second kappa shape index (κ2) is 6.36. The molecule has 1 aromatic heterocycles. The Bertz CT molecular complexity index is 527. The van der Waals surface area contributed by atoms with Crippen LogP contribution >= 0.6 is 11.3 Å². The van der Waals surface area contributed by atoms with Crippen LogP contribution in [0.4, 0.5) is 5.00 Å². The van der Waals surface area contributed by atoms with Gasteiger partial charge in [0, 0.05) is 18.0 Å². The average molecular weight is 306 g/mol. The molecular weight excluding hydrogens is 280 g/mol. The Kier molecular flexibility index (Phi) is 4.50. The summed E-state index contributed by atoms with van der Waals surface area (Å²) < 4.78 is 0. The number of hydrogen-bond acceptors (Lipinski definition) is 4. The first-order valence-corrected chi connectivity index (χ1v) is 8.87. The standard InChI is InChI=1S/C16H26N4S/c1-18-10-6-8-11(9-7-10)20-15(17)14-12-4-3-5-13(12)21-16(14)19-2/h10-11,18-19H,3-9H2,1-2H3,(H2,17,20). The van der Waals surface area contributed by atoms with E-state index in [2.05, 4.69) is 17.7 Å². The highest BCUT2D eigenvalue weighted by molar-refractivity contribution is 7.16. The number of nitrogens with zero attached hydrogens (tertiary/aromatic N) is 1. The second-order valence-corrected chi connectivity index (χ2v) is 7.23. The van der Waals surface area contributed by atoms with Gasteiger partial charge >= 0.3 is 0 Å². The molecule has 4 N–H and O–H groups in total. The van der Waals surface area contributed by atoms with Crippen LogP contribution in [0.2, 0.25) is 0 Å². The van der Waals surface area contributed by atoms with Crippen LogP contribution in [0.3, 0.4) is 0 Å². The molecule has 0 amide bonds. The summed E-state index contributed by atoms with van der Waals surface area (Å²) in [6, 6.07) is 1.06. The van der Waals surface area contributed by atoms with Gasteiger partial charge in [0.05, 0.1) is 16.6 Å². The second-order valence-electron chi connectivity index (χ2n) is 6.12. The first-order chi connectivity index (χ1) is 10.2. The van der Waals surface area contributed by atoms with E-state index in [0.29, 0.717) is 12.1 Å². The fourth-order valence-electron chi connectivity index (χ4n) is 3.61. The van der Waals surface area contributed by atoms with Crippen LogP contribution in [0.1, 0.15) is 48.1 Å². The number of anilines is 1. The van der Waals surface area contributed by atoms with Crippen molar-refractivity contribution in [1.82, 2.24) is 5.32 Å². The Labute approximate surface area is 131 Å². The maximum absolute atomic E-state index is 6.39. The zero-order chi connectivity index (χ0) is 14.8. The van der Waals surface area contributed by atoms with E-state index in [1.54, 1.807) is 0 Å². The lowest BCUT2D eigenvalue weighted by Crippen LogP contribution is -2.32. The minimum atomic E-state index is 0.399. The summed E-state index contributed by atoms with van der Waals surface area (Å²) in [5.74, 6) is 0.756. The van der Waals surface area contributed by atoms with Gasteiger partial charge in [0.25, 0.3) is 0 Å². The summed E-state index contributed by atoms with van der Waals surface area (Å²) in [6.07, 6.45) is 8.33. The maximum Gasteiger partial charge on any atom is 0.129 e. The largest absolute Gasteiger partial charge is 0.383 e. The molecule has 0 spiro atoms. The van der Waals surface area contributed by atoms with Crippen molar-refractivity contribution in [2.45, 2.75) is 57.0 Å². The van der Waals surface area contributed by atoms with Crippen LogP contribution < -0.4 is 16.4 Å². The van der Waals surface area contributed by atoms with Crippen LogP contribution in [-0.2, 0) is 12.8 Å². The highest BCUT2D eigenvalue weighted by Gasteiger charge is 2.25. The van der Waals surface area contributed by atoms with Crippen LogP contribution in [0.15, 0.2) is 4.99 Å². The number of fused-ring (bicyclic) bond motifs is 1. The molecule has 3 rings (SSSR count). The smallest absolute Gasteiger partial charge is 0.129 e. The van der Waals surface area contributed by atoms with Crippen molar-refractivity contribution in [2.24, 2.45) is 10.7 Å². The lowest BCUT2D eigenvalue weighted by atomic mass is 9.91. The van der Waals surface area contributed by atoms with E-state index in [0.717, 1.165) is 25.1 Å². The molecular formula is C16H26N4S. The molecule has 4 nitrogen and oxygen atoms in total. The maximum atomic E-state index is 6.39. The van der Waals surface area contributed by atoms with Gasteiger partial charge in [-0.05, 0) is 57.6 Å². The van der Waals surface area contributed by atoms with E-state index in [4.69, 9.17) is 10.7 Å². The quantitative estimate of drug-likeness (QED) is 0.592. The van der Waals surface area contributed by atoms with Crippen LogP contribution in [0.25, 0.3) is 0 Å². The number of nitrogens with one attached hydrogen (secondary N) is 2. The van der Waals surface area contributed by atoms with Crippen LogP contribution in [-0.4, -0.2) is 32.0 Å². The Morgan fingerprint density at radius 1 is 1.19 bits per heavy atom. The van der Waals surface area contributed by atoms with Crippen molar-refractivity contribution in [3.05, 3.63) is 16.0 Å². The van der Waals surface area contributed by atoms with Crippen LogP contribution in [0.5, 0.6) is 0 Å². The number of aryl methyl sites for hydroxylation is 1. The SMILES string of the molecule is CNc1sc2c(c1C(N)=NC1CCC(NC)CC1)CCC2. The number of thiophene rings is 1. The van der Waals surface area contributed by atoms with E-state index in [9.17, 15) is 0 Å². The van der Waals surface area contributed by atoms with E-state index < -0.39 is 0 Å². The molecule has 0 atom stereocenters. The molecule has 21 heavy (non-hydrogen) atoms. The third-order valence-electron chi connectivity index (χ3n) is 4.83. The Morgan fingerprint density at radius 3 is 2.62 bits per heavy atom. The van der Waals surface area contributed by atoms with E-state index in [-0.39, 0.29) is 0 Å². The number of amidine groups is 1. The molecule has 1 saturated carbocycles. The van der Waals surface area contributed by atoms with Crippen molar-refractivity contribution >= 4 is 22.2 Å². The van der Waals surface area contributed by atoms with E-state index in [1.807, 2.05) is 18.4 Å². The zero-order valence-electron chi connectivity index (χ0n) is 13.0. The molecule has 0 unspecified atom stereocenters. The molecule has 1 heterocycles. The summed E-state index contributed by atoms with van der Waals surface area (Å²) in [7, 11) is 4.03. The molecule has 1 fully saturated rings. The summed E-state index contributed by atoms with van der Waals surface area (Å²) in [5, 5.41) is 7.88. The molecule has 2 aliphatic carbocycles. The molecule has 0 bridgehead atoms. The minimum absolute atomic E-state index is 0.399. The van der Waals surface area contributed by atoms with Gasteiger partial charge in [-0.25, -0.2) is 0 Å². The molecule has 0 aliphatic heterocycles. The molecule has 1 aromatic rings. The van der Waals surface area contributed by atoms with Crippen LogP contribution in [0, 0.1) is 0 Å². The molecule has 0 aromatic carbocycles. The van der Waals surface area contributed by atoms with Gasteiger partial charge < -0.3 is 16.4 Å². The summed E-state index contributed by atoms with van der Waals surface area (Å²) >= 11 is 1.86. The predicted octanol–water partition coefficient (Wildman–Crippen LogP) is 2.51. The highest BCUT2D eigenvalue weighted by atomic mass is 32.1. The number of aliphatic imine (C=N–C) groups is 1. The van der Waals surface area contributed by atoms with Gasteiger partial charge in [-0.1, -0.05) is 0 Å². The molecule has 0 radical (unpaired) electrons. The first-order valence-electron chi connectivity index (χ1n) is 8.06. The Hall–Kier alpha value is -1.07. The predicted molar refractivity (Wildman–Crippen MR) is 91.7 cm³/mol. The third-order valence-corrected chi connectivity index (χ3v) is 6.14. The Morgan fingerprint density at radius 2 is 1.95 bits per heavy atom. The number of nitrogens with two attached hydrogens (primary N) is 1. The van der Waals surface area contributed by atoms with Gasteiger partial charge in [0.1, 0.15) is 5.84 Å². The first kappa shape index (κ1) is 14.9. The van der Waals surface area contributed by atoms with Crippen molar-refractivity contribution in [1.29, 1.82) is 0 Å². The Balaban J connectivity index is 1.79. The summed E-state index contributed by atoms with van der Waals surface area (Å²) in [5.41, 5.74) is 9.04. The van der Waals surface area contributed by atoms with Crippen molar-refractivity contribution < 1.29 is 0 Å². The summed E-state index contributed by atoms with van der Waals surface area (Å²) in [4.78, 5) is 6.37. The number of hydrogen-bond donors (Lipinski definition) is 3. The van der Waals surface area contributed by atoms with E-state index >= 15 is 0 Å². The fraction of sp³-hybridized carbons (Fsp3) is 0.688. The topological polar surface area (TPSA) is 62.4 Å². The molecule has 116 valence electrons.